The van der Waals surface area contributed by atoms with Crippen molar-refractivity contribution in [3.63, 3.8) is 0 Å². The van der Waals surface area contributed by atoms with Crippen molar-refractivity contribution in [2.24, 2.45) is 0 Å². The summed E-state index contributed by atoms with van der Waals surface area (Å²) in [6, 6.07) is 18.4. The highest BCUT2D eigenvalue weighted by Crippen LogP contribution is 2.23. The summed E-state index contributed by atoms with van der Waals surface area (Å²) >= 11 is 0. The number of fused-ring (bicyclic) bond motifs is 1. The molecule has 0 aliphatic heterocycles. The Balaban J connectivity index is 1.83. The molecule has 3 rings (SSSR count). The molecule has 134 valence electrons. The maximum atomic E-state index is 12.6. The number of benzene rings is 3. The molecule has 0 unspecified atom stereocenters. The van der Waals surface area contributed by atoms with Gasteiger partial charge >= 0.3 is 0 Å². The zero-order chi connectivity index (χ0) is 18.7. The Bertz CT molecular complexity index is 1040. The fraction of sp³-hybridized carbons (Fsp3) is 0.150. The van der Waals surface area contributed by atoms with Gasteiger partial charge in [0.2, 0.25) is 0 Å². The van der Waals surface area contributed by atoms with Crippen LogP contribution in [-0.2, 0) is 14.3 Å². The van der Waals surface area contributed by atoms with E-state index in [1.54, 1.807) is 49.6 Å². The quantitative estimate of drug-likeness (QED) is 0.487. The average molecular weight is 370 g/mol. The Morgan fingerprint density at radius 3 is 2.27 bits per heavy atom. The van der Waals surface area contributed by atoms with Crippen LogP contribution in [0.25, 0.3) is 10.8 Å². The van der Waals surface area contributed by atoms with Crippen molar-refractivity contribution in [1.82, 2.24) is 0 Å². The van der Waals surface area contributed by atoms with E-state index in [0.29, 0.717) is 5.56 Å². The first-order chi connectivity index (χ1) is 12.4. The molecule has 0 aromatic heterocycles. The molecule has 3 aromatic carbocycles. The summed E-state index contributed by atoms with van der Waals surface area (Å²) in [5, 5.41) is 1.78. The van der Waals surface area contributed by atoms with Gasteiger partial charge in [0.25, 0.3) is 10.1 Å². The molecule has 26 heavy (non-hydrogen) atoms. The van der Waals surface area contributed by atoms with E-state index in [2.05, 4.69) is 0 Å². The van der Waals surface area contributed by atoms with Crippen LogP contribution < -0.4 is 4.74 Å². The predicted octanol–water partition coefficient (Wildman–Crippen LogP) is 3.83. The number of carbonyl (C=O) groups is 1. The molecule has 0 spiro atoms. The predicted molar refractivity (Wildman–Crippen MR) is 99.0 cm³/mol. The lowest BCUT2D eigenvalue weighted by atomic mass is 10.0. The van der Waals surface area contributed by atoms with Crippen LogP contribution in [0.3, 0.4) is 0 Å². The van der Waals surface area contributed by atoms with E-state index in [0.717, 1.165) is 16.5 Å². The number of rotatable bonds is 6. The minimum absolute atomic E-state index is 0.0188. The van der Waals surface area contributed by atoms with Crippen molar-refractivity contribution in [2.75, 3.05) is 7.11 Å². The molecule has 0 saturated carbocycles. The van der Waals surface area contributed by atoms with Gasteiger partial charge in [-0.2, -0.15) is 8.42 Å². The van der Waals surface area contributed by atoms with Crippen LogP contribution in [0.1, 0.15) is 17.3 Å². The second-order valence-electron chi connectivity index (χ2n) is 5.80. The van der Waals surface area contributed by atoms with Gasteiger partial charge in [0, 0.05) is 5.56 Å². The normalized spacial score (nSPS) is 12.7. The minimum atomic E-state index is -4.00. The van der Waals surface area contributed by atoms with Crippen LogP contribution in [0, 0.1) is 0 Å². The Labute approximate surface area is 152 Å². The van der Waals surface area contributed by atoms with E-state index in [4.69, 9.17) is 8.92 Å². The molecule has 0 heterocycles. The topological polar surface area (TPSA) is 69.7 Å². The zero-order valence-corrected chi connectivity index (χ0v) is 15.2. The van der Waals surface area contributed by atoms with Crippen molar-refractivity contribution in [3.8, 4) is 5.75 Å². The lowest BCUT2D eigenvalue weighted by molar-refractivity contribution is 0.0826. The van der Waals surface area contributed by atoms with E-state index in [9.17, 15) is 13.2 Å². The maximum absolute atomic E-state index is 12.6. The summed E-state index contributed by atoms with van der Waals surface area (Å²) in [6.07, 6.45) is -1.13. The van der Waals surface area contributed by atoms with E-state index in [1.807, 2.05) is 12.1 Å². The summed E-state index contributed by atoms with van der Waals surface area (Å²) in [5.74, 6) is 0.324. The largest absolute Gasteiger partial charge is 0.497 e. The SMILES string of the molecule is COc1ccc2cc(C(=O)[C@H](C)OS(=O)(=O)c3ccccc3)ccc2c1. The molecular formula is C20H18O5S. The third kappa shape index (κ3) is 3.76. The third-order valence-electron chi connectivity index (χ3n) is 4.00. The summed E-state index contributed by atoms with van der Waals surface area (Å²) in [5.41, 5.74) is 0.387. The summed E-state index contributed by atoms with van der Waals surface area (Å²) < 4.78 is 34.8. The second kappa shape index (κ2) is 7.27. The number of ketones is 1. The van der Waals surface area contributed by atoms with E-state index < -0.39 is 22.0 Å². The highest BCUT2D eigenvalue weighted by atomic mass is 32.2. The van der Waals surface area contributed by atoms with E-state index >= 15 is 0 Å². The highest BCUT2D eigenvalue weighted by Gasteiger charge is 2.24. The number of carbonyl (C=O) groups excluding carboxylic acids is 1. The molecule has 3 aromatic rings. The fourth-order valence-electron chi connectivity index (χ4n) is 2.62. The zero-order valence-electron chi connectivity index (χ0n) is 14.4. The second-order valence-corrected chi connectivity index (χ2v) is 7.37. The Morgan fingerprint density at radius 2 is 1.58 bits per heavy atom. The molecule has 5 nitrogen and oxygen atoms in total. The first kappa shape index (κ1) is 18.1. The van der Waals surface area contributed by atoms with Gasteiger partial charge in [-0.15, -0.1) is 0 Å². The summed E-state index contributed by atoms with van der Waals surface area (Å²) in [7, 11) is -2.41. The van der Waals surface area contributed by atoms with Gasteiger partial charge in [-0.3, -0.25) is 8.98 Å². The van der Waals surface area contributed by atoms with Gasteiger partial charge in [0.05, 0.1) is 12.0 Å². The van der Waals surface area contributed by atoms with Crippen LogP contribution in [0.5, 0.6) is 5.75 Å². The van der Waals surface area contributed by atoms with Gasteiger partial charge in [-0.05, 0) is 48.0 Å². The van der Waals surface area contributed by atoms with Crippen LogP contribution in [0.2, 0.25) is 0 Å². The van der Waals surface area contributed by atoms with Gasteiger partial charge in [-0.25, -0.2) is 0 Å². The molecule has 0 saturated heterocycles. The maximum Gasteiger partial charge on any atom is 0.297 e. The number of methoxy groups -OCH3 is 1. The van der Waals surface area contributed by atoms with Crippen molar-refractivity contribution >= 4 is 26.7 Å². The molecule has 0 aliphatic rings. The lowest BCUT2D eigenvalue weighted by Crippen LogP contribution is -2.24. The average Bonchev–Trinajstić information content (AvgIpc) is 2.66. The Morgan fingerprint density at radius 1 is 0.923 bits per heavy atom. The molecule has 0 N–H and O–H groups in total. The van der Waals surface area contributed by atoms with Gasteiger partial charge in [0.15, 0.2) is 5.78 Å². The highest BCUT2D eigenvalue weighted by molar-refractivity contribution is 7.86. The Kier molecular flexibility index (Phi) is 5.06. The fourth-order valence-corrected chi connectivity index (χ4v) is 3.68. The van der Waals surface area contributed by atoms with Crippen molar-refractivity contribution in [1.29, 1.82) is 0 Å². The molecule has 1 atom stereocenters. The summed E-state index contributed by atoms with van der Waals surface area (Å²) in [4.78, 5) is 12.6. The van der Waals surface area contributed by atoms with Crippen LogP contribution >= 0.6 is 0 Å². The van der Waals surface area contributed by atoms with Crippen molar-refractivity contribution < 1.29 is 22.1 Å². The van der Waals surface area contributed by atoms with Crippen molar-refractivity contribution in [3.05, 3.63) is 72.3 Å². The minimum Gasteiger partial charge on any atom is -0.497 e. The third-order valence-corrected chi connectivity index (χ3v) is 5.40. The monoisotopic (exact) mass is 370 g/mol. The molecule has 0 aliphatic carbocycles. The molecule has 0 radical (unpaired) electrons. The van der Waals surface area contributed by atoms with Crippen LogP contribution in [0.15, 0.2) is 71.6 Å². The number of Topliss-reactive ketones (excluding diaryl/α,β-unsaturated/α-hetero) is 1. The van der Waals surface area contributed by atoms with Crippen molar-refractivity contribution in [2.45, 2.75) is 17.9 Å². The van der Waals surface area contributed by atoms with E-state index in [-0.39, 0.29) is 4.90 Å². The number of hydrogen-bond donors (Lipinski definition) is 0. The van der Waals surface area contributed by atoms with Gasteiger partial charge in [-0.1, -0.05) is 36.4 Å². The molecule has 0 amide bonds. The molecule has 6 heteroatoms. The smallest absolute Gasteiger partial charge is 0.297 e. The standard InChI is InChI=1S/C20H18O5S/c1-14(25-26(22,23)19-6-4-3-5-7-19)20(21)17-9-8-16-13-18(24-2)11-10-15(16)12-17/h3-14H,1-2H3/t14-/m0/s1. The van der Waals surface area contributed by atoms with Gasteiger partial charge in [0.1, 0.15) is 11.9 Å². The number of hydrogen-bond acceptors (Lipinski definition) is 5. The first-order valence-corrected chi connectivity index (χ1v) is 9.42. The lowest BCUT2D eigenvalue weighted by Gasteiger charge is -2.13. The Hall–Kier alpha value is -2.70. The van der Waals surface area contributed by atoms with Crippen LogP contribution in [0.4, 0.5) is 0 Å². The molecule has 0 bridgehead atoms. The molecule has 0 fully saturated rings. The molecular weight excluding hydrogens is 352 g/mol. The number of ether oxygens (including phenoxy) is 1. The van der Waals surface area contributed by atoms with Gasteiger partial charge < -0.3 is 4.74 Å². The van der Waals surface area contributed by atoms with E-state index in [1.165, 1.54) is 19.1 Å². The summed E-state index contributed by atoms with van der Waals surface area (Å²) in [6.45, 7) is 1.43. The van der Waals surface area contributed by atoms with Crippen LogP contribution in [-0.4, -0.2) is 27.4 Å². The first-order valence-electron chi connectivity index (χ1n) is 8.01.